The summed E-state index contributed by atoms with van der Waals surface area (Å²) >= 11 is 2.16. The Morgan fingerprint density at radius 1 is 1.35 bits per heavy atom. The standard InChI is InChI=1S/C13H11IN4O2/c14-10-11(7-4-5-7)16-13(17-12(10)15)8-2-1-3-9(6-8)18(19)20/h1-3,6-7H,4-5H2,(H2,15,16,17). The first-order valence-electron chi connectivity index (χ1n) is 6.14. The van der Waals surface area contributed by atoms with Crippen molar-refractivity contribution in [1.29, 1.82) is 0 Å². The zero-order valence-electron chi connectivity index (χ0n) is 10.4. The molecule has 2 aromatic rings. The van der Waals surface area contributed by atoms with Crippen LogP contribution in [0.4, 0.5) is 11.5 Å². The van der Waals surface area contributed by atoms with Crippen molar-refractivity contribution in [2.24, 2.45) is 0 Å². The highest BCUT2D eigenvalue weighted by atomic mass is 127. The summed E-state index contributed by atoms with van der Waals surface area (Å²) in [5.41, 5.74) is 7.53. The Balaban J connectivity index is 2.10. The van der Waals surface area contributed by atoms with Crippen LogP contribution in [0.2, 0.25) is 0 Å². The lowest BCUT2D eigenvalue weighted by Crippen LogP contribution is -2.04. The van der Waals surface area contributed by atoms with E-state index in [1.54, 1.807) is 12.1 Å². The van der Waals surface area contributed by atoms with Crippen LogP contribution in [0.3, 0.4) is 0 Å². The highest BCUT2D eigenvalue weighted by Crippen LogP contribution is 2.42. The largest absolute Gasteiger partial charge is 0.383 e. The molecule has 1 aromatic heterocycles. The maximum atomic E-state index is 10.8. The monoisotopic (exact) mass is 382 g/mol. The second-order valence-electron chi connectivity index (χ2n) is 4.71. The van der Waals surface area contributed by atoms with Gasteiger partial charge in [0, 0.05) is 23.6 Å². The summed E-state index contributed by atoms with van der Waals surface area (Å²) in [6.07, 6.45) is 2.22. The summed E-state index contributed by atoms with van der Waals surface area (Å²) in [6, 6.07) is 6.30. The van der Waals surface area contributed by atoms with E-state index in [1.165, 1.54) is 12.1 Å². The molecule has 0 amide bonds. The van der Waals surface area contributed by atoms with Crippen LogP contribution in [0, 0.1) is 13.7 Å². The lowest BCUT2D eigenvalue weighted by atomic mass is 10.1. The van der Waals surface area contributed by atoms with Crippen LogP contribution >= 0.6 is 22.6 Å². The molecular weight excluding hydrogens is 371 g/mol. The SMILES string of the molecule is Nc1nc(-c2cccc([N+](=O)[O-])c2)nc(C2CC2)c1I. The van der Waals surface area contributed by atoms with Crippen LogP contribution in [-0.4, -0.2) is 14.9 Å². The number of benzene rings is 1. The van der Waals surface area contributed by atoms with E-state index in [2.05, 4.69) is 32.6 Å². The Morgan fingerprint density at radius 3 is 2.75 bits per heavy atom. The maximum absolute atomic E-state index is 10.8. The van der Waals surface area contributed by atoms with E-state index in [-0.39, 0.29) is 5.69 Å². The van der Waals surface area contributed by atoms with E-state index in [0.717, 1.165) is 22.1 Å². The fourth-order valence-corrected chi connectivity index (χ4v) is 2.68. The Hall–Kier alpha value is -1.77. The summed E-state index contributed by atoms with van der Waals surface area (Å²) in [5, 5.41) is 10.8. The molecular formula is C13H11IN4O2. The molecule has 1 aromatic carbocycles. The molecule has 0 aliphatic heterocycles. The Kier molecular flexibility index (Phi) is 3.28. The zero-order chi connectivity index (χ0) is 14.3. The molecule has 6 nitrogen and oxygen atoms in total. The molecule has 3 rings (SSSR count). The number of non-ortho nitro benzene ring substituents is 1. The van der Waals surface area contributed by atoms with Gasteiger partial charge >= 0.3 is 0 Å². The van der Waals surface area contributed by atoms with Crippen molar-refractivity contribution in [1.82, 2.24) is 9.97 Å². The lowest BCUT2D eigenvalue weighted by molar-refractivity contribution is -0.384. The van der Waals surface area contributed by atoms with Gasteiger partial charge in [0.15, 0.2) is 5.82 Å². The van der Waals surface area contributed by atoms with Gasteiger partial charge in [0.25, 0.3) is 5.69 Å². The third kappa shape index (κ3) is 2.45. The average molecular weight is 382 g/mol. The van der Waals surface area contributed by atoms with E-state index < -0.39 is 4.92 Å². The number of nitrogen functional groups attached to an aromatic ring is 1. The maximum Gasteiger partial charge on any atom is 0.270 e. The molecule has 1 saturated carbocycles. The van der Waals surface area contributed by atoms with Gasteiger partial charge in [0.1, 0.15) is 5.82 Å². The molecule has 102 valence electrons. The number of nitro groups is 1. The van der Waals surface area contributed by atoms with Crippen molar-refractivity contribution in [3.05, 3.63) is 43.6 Å². The number of nitrogens with zero attached hydrogens (tertiary/aromatic N) is 3. The lowest BCUT2D eigenvalue weighted by Gasteiger charge is -2.08. The highest BCUT2D eigenvalue weighted by Gasteiger charge is 2.29. The average Bonchev–Trinajstić information content (AvgIpc) is 3.26. The normalized spacial score (nSPS) is 14.2. The number of nitro benzene ring substituents is 1. The molecule has 0 unspecified atom stereocenters. The summed E-state index contributed by atoms with van der Waals surface area (Å²) in [6.45, 7) is 0. The van der Waals surface area contributed by atoms with E-state index in [1.807, 2.05) is 0 Å². The van der Waals surface area contributed by atoms with Crippen LogP contribution in [0.1, 0.15) is 24.5 Å². The Morgan fingerprint density at radius 2 is 2.10 bits per heavy atom. The molecule has 1 aliphatic carbocycles. The van der Waals surface area contributed by atoms with Crippen molar-refractivity contribution in [3.63, 3.8) is 0 Å². The second-order valence-corrected chi connectivity index (χ2v) is 5.79. The van der Waals surface area contributed by atoms with Crippen molar-refractivity contribution in [2.45, 2.75) is 18.8 Å². The number of halogens is 1. The van der Waals surface area contributed by atoms with Gasteiger partial charge in [-0.25, -0.2) is 9.97 Å². The van der Waals surface area contributed by atoms with Crippen LogP contribution in [0.25, 0.3) is 11.4 Å². The molecule has 2 N–H and O–H groups in total. The number of hydrogen-bond acceptors (Lipinski definition) is 5. The molecule has 0 atom stereocenters. The van der Waals surface area contributed by atoms with E-state index in [9.17, 15) is 10.1 Å². The molecule has 20 heavy (non-hydrogen) atoms. The van der Waals surface area contributed by atoms with E-state index in [4.69, 9.17) is 5.73 Å². The van der Waals surface area contributed by atoms with Crippen molar-refractivity contribution >= 4 is 34.1 Å². The van der Waals surface area contributed by atoms with Gasteiger partial charge < -0.3 is 5.73 Å². The third-order valence-corrected chi connectivity index (χ3v) is 4.29. The van der Waals surface area contributed by atoms with Crippen LogP contribution in [0.5, 0.6) is 0 Å². The van der Waals surface area contributed by atoms with Gasteiger partial charge in [-0.15, -0.1) is 0 Å². The fraction of sp³-hybridized carbons (Fsp3) is 0.231. The number of aromatic nitrogens is 2. The zero-order valence-corrected chi connectivity index (χ0v) is 12.6. The first-order valence-corrected chi connectivity index (χ1v) is 7.22. The quantitative estimate of drug-likeness (QED) is 0.500. The van der Waals surface area contributed by atoms with Crippen molar-refractivity contribution in [2.75, 3.05) is 5.73 Å². The predicted octanol–water partition coefficient (Wildman–Crippen LogP) is 3.12. The minimum atomic E-state index is -0.429. The molecule has 7 heteroatoms. The molecule has 1 heterocycles. The summed E-state index contributed by atoms with van der Waals surface area (Å²) < 4.78 is 0.888. The van der Waals surface area contributed by atoms with Crippen LogP contribution < -0.4 is 5.73 Å². The topological polar surface area (TPSA) is 94.9 Å². The highest BCUT2D eigenvalue weighted by molar-refractivity contribution is 14.1. The third-order valence-electron chi connectivity index (χ3n) is 3.18. The van der Waals surface area contributed by atoms with Crippen LogP contribution in [-0.2, 0) is 0 Å². The minimum Gasteiger partial charge on any atom is -0.383 e. The van der Waals surface area contributed by atoms with Crippen molar-refractivity contribution in [3.8, 4) is 11.4 Å². The van der Waals surface area contributed by atoms with Gasteiger partial charge in [0.2, 0.25) is 0 Å². The number of anilines is 1. The number of rotatable bonds is 3. The first-order chi connectivity index (χ1) is 9.56. The van der Waals surface area contributed by atoms with Crippen molar-refractivity contribution < 1.29 is 4.92 Å². The van der Waals surface area contributed by atoms with E-state index >= 15 is 0 Å². The molecule has 1 fully saturated rings. The summed E-state index contributed by atoms with van der Waals surface area (Å²) in [7, 11) is 0. The summed E-state index contributed by atoms with van der Waals surface area (Å²) in [5.74, 6) is 1.34. The molecule has 0 bridgehead atoms. The van der Waals surface area contributed by atoms with Gasteiger partial charge in [-0.2, -0.15) is 0 Å². The smallest absolute Gasteiger partial charge is 0.270 e. The summed E-state index contributed by atoms with van der Waals surface area (Å²) in [4.78, 5) is 19.2. The molecule has 0 saturated heterocycles. The second kappa shape index (κ2) is 4.97. The first kappa shape index (κ1) is 13.2. The molecule has 1 aliphatic rings. The fourth-order valence-electron chi connectivity index (χ4n) is 2.00. The predicted molar refractivity (Wildman–Crippen MR) is 83.2 cm³/mol. The van der Waals surface area contributed by atoms with Gasteiger partial charge in [-0.05, 0) is 35.4 Å². The Labute approximate surface area is 128 Å². The number of nitrogens with two attached hydrogens (primary N) is 1. The Bertz CT molecular complexity index is 701. The number of hydrogen-bond donors (Lipinski definition) is 1. The van der Waals surface area contributed by atoms with Gasteiger partial charge in [-0.3, -0.25) is 10.1 Å². The van der Waals surface area contributed by atoms with Crippen LogP contribution in [0.15, 0.2) is 24.3 Å². The molecule has 0 spiro atoms. The van der Waals surface area contributed by atoms with Gasteiger partial charge in [-0.1, -0.05) is 12.1 Å². The van der Waals surface area contributed by atoms with Gasteiger partial charge in [0.05, 0.1) is 14.2 Å². The molecule has 0 radical (unpaired) electrons. The minimum absolute atomic E-state index is 0.0243. The van der Waals surface area contributed by atoms with E-state index in [0.29, 0.717) is 23.1 Å².